The van der Waals surface area contributed by atoms with Crippen LogP contribution in [-0.2, 0) is 16.0 Å². The summed E-state index contributed by atoms with van der Waals surface area (Å²) in [7, 11) is 0. The Morgan fingerprint density at radius 3 is 2.64 bits per heavy atom. The molecule has 2 rings (SSSR count). The van der Waals surface area contributed by atoms with Gasteiger partial charge in [-0.05, 0) is 42.8 Å². The van der Waals surface area contributed by atoms with E-state index in [2.05, 4.69) is 26.1 Å². The Morgan fingerprint density at radius 1 is 1.32 bits per heavy atom. The van der Waals surface area contributed by atoms with Crippen molar-refractivity contribution in [2.75, 3.05) is 6.61 Å². The van der Waals surface area contributed by atoms with Gasteiger partial charge in [-0.15, -0.1) is 0 Å². The number of ether oxygens (including phenoxy) is 1. The molecule has 0 saturated heterocycles. The van der Waals surface area contributed by atoms with Crippen LogP contribution in [0, 0.1) is 13.8 Å². The van der Waals surface area contributed by atoms with Gasteiger partial charge in [-0.25, -0.2) is 4.98 Å². The molecule has 0 atom stereocenters. The highest BCUT2D eigenvalue weighted by Crippen LogP contribution is 2.30. The maximum absolute atomic E-state index is 12.3. The third-order valence-electron chi connectivity index (χ3n) is 3.66. The van der Waals surface area contributed by atoms with E-state index in [1.807, 2.05) is 6.92 Å². The van der Waals surface area contributed by atoms with Gasteiger partial charge < -0.3 is 14.4 Å². The first kappa shape index (κ1) is 19.1. The number of pyridine rings is 1. The molecular weight excluding hydrogens is 392 g/mol. The second kappa shape index (κ2) is 8.24. The van der Waals surface area contributed by atoms with Gasteiger partial charge >= 0.3 is 5.97 Å². The van der Waals surface area contributed by atoms with E-state index < -0.39 is 11.8 Å². The number of aromatic hydroxyl groups is 1. The molecule has 134 valence electrons. The highest BCUT2D eigenvalue weighted by atomic mass is 79.9. The second-order valence-electron chi connectivity index (χ2n) is 5.50. The zero-order chi connectivity index (χ0) is 18.6. The van der Waals surface area contributed by atoms with Gasteiger partial charge in [-0.2, -0.15) is 0 Å². The van der Waals surface area contributed by atoms with Crippen molar-refractivity contribution in [2.24, 2.45) is 0 Å². The number of Topliss-reactive ketones (excluding diaryl/α,β-unsaturated/α-hetero) is 1. The summed E-state index contributed by atoms with van der Waals surface area (Å²) in [5, 5.41) is 14.0. The largest absolute Gasteiger partial charge is 0.504 e. The Balaban J connectivity index is 2.22. The number of carbonyl (C=O) groups excluding carboxylic acids is 2. The van der Waals surface area contributed by atoms with Gasteiger partial charge in [0.05, 0.1) is 23.2 Å². The van der Waals surface area contributed by atoms with Crippen molar-refractivity contribution in [1.29, 1.82) is 0 Å². The first-order valence-electron chi connectivity index (χ1n) is 7.82. The number of carbonyl (C=O) groups is 2. The van der Waals surface area contributed by atoms with Crippen molar-refractivity contribution < 1.29 is 24.0 Å². The number of hydrogen-bond acceptors (Lipinski definition) is 7. The molecule has 0 amide bonds. The zero-order valence-corrected chi connectivity index (χ0v) is 15.8. The zero-order valence-electron chi connectivity index (χ0n) is 14.3. The van der Waals surface area contributed by atoms with Crippen LogP contribution in [0.4, 0.5) is 0 Å². The molecule has 0 bridgehead atoms. The second-order valence-corrected chi connectivity index (χ2v) is 6.35. The van der Waals surface area contributed by atoms with Crippen LogP contribution in [0.2, 0.25) is 0 Å². The van der Waals surface area contributed by atoms with E-state index in [0.717, 1.165) is 11.3 Å². The number of rotatable bonds is 7. The van der Waals surface area contributed by atoms with E-state index in [0.29, 0.717) is 22.3 Å². The topological polar surface area (TPSA) is 103 Å². The molecule has 0 aliphatic carbocycles. The summed E-state index contributed by atoms with van der Waals surface area (Å²) in [6.07, 6.45) is 0.276. The van der Waals surface area contributed by atoms with Crippen molar-refractivity contribution >= 4 is 27.7 Å². The summed E-state index contributed by atoms with van der Waals surface area (Å²) in [6, 6.07) is 1.64. The monoisotopic (exact) mass is 410 g/mol. The average Bonchev–Trinajstić information content (AvgIpc) is 2.88. The molecule has 0 fully saturated rings. The molecule has 0 spiro atoms. The van der Waals surface area contributed by atoms with Crippen molar-refractivity contribution in [3.05, 3.63) is 38.9 Å². The van der Waals surface area contributed by atoms with Crippen LogP contribution in [0.1, 0.15) is 53.0 Å². The molecule has 0 radical (unpaired) electrons. The van der Waals surface area contributed by atoms with Gasteiger partial charge in [0.2, 0.25) is 0 Å². The molecule has 0 saturated carbocycles. The molecule has 0 unspecified atom stereocenters. The highest BCUT2D eigenvalue weighted by Gasteiger charge is 2.20. The van der Waals surface area contributed by atoms with Gasteiger partial charge in [-0.1, -0.05) is 5.16 Å². The Labute approximate surface area is 153 Å². The van der Waals surface area contributed by atoms with Gasteiger partial charge in [0, 0.05) is 24.1 Å². The number of halogens is 1. The molecule has 2 aromatic heterocycles. The molecule has 2 heterocycles. The van der Waals surface area contributed by atoms with E-state index >= 15 is 0 Å². The molecule has 25 heavy (non-hydrogen) atoms. The Bertz CT molecular complexity index is 781. The third kappa shape index (κ3) is 4.66. The Hall–Kier alpha value is -2.22. The van der Waals surface area contributed by atoms with Gasteiger partial charge in [0.15, 0.2) is 11.5 Å². The Morgan fingerprint density at radius 2 is 2.04 bits per heavy atom. The normalized spacial score (nSPS) is 10.7. The van der Waals surface area contributed by atoms with Crippen LogP contribution in [0.15, 0.2) is 15.1 Å². The molecule has 1 N–H and O–H groups in total. The minimum Gasteiger partial charge on any atom is -0.504 e. The van der Waals surface area contributed by atoms with E-state index in [-0.39, 0.29) is 30.9 Å². The van der Waals surface area contributed by atoms with Crippen LogP contribution >= 0.6 is 15.9 Å². The fourth-order valence-corrected chi connectivity index (χ4v) is 2.80. The van der Waals surface area contributed by atoms with E-state index in [9.17, 15) is 14.7 Å². The molecule has 2 aromatic rings. The number of aromatic nitrogens is 2. The predicted molar refractivity (Wildman–Crippen MR) is 92.6 cm³/mol. The lowest BCUT2D eigenvalue weighted by Gasteiger charge is -2.09. The maximum atomic E-state index is 12.3. The van der Waals surface area contributed by atoms with Crippen molar-refractivity contribution in [3.8, 4) is 5.75 Å². The van der Waals surface area contributed by atoms with Crippen molar-refractivity contribution in [1.82, 2.24) is 10.1 Å². The predicted octanol–water partition coefficient (Wildman–Crippen LogP) is 3.27. The van der Waals surface area contributed by atoms with E-state index in [1.54, 1.807) is 19.9 Å². The lowest BCUT2D eigenvalue weighted by atomic mass is 10.1. The number of aryl methyl sites for hydroxylation is 2. The van der Waals surface area contributed by atoms with E-state index in [1.165, 1.54) is 0 Å². The standard InChI is InChI=1S/C17H19BrN2O5/c1-4-24-15(22)6-5-14(21)16-17(23)13(18)8-11(19-16)7-12-9(2)20-25-10(12)3/h8,23H,4-7H2,1-3H3. The molecule has 0 aliphatic heterocycles. The lowest BCUT2D eigenvalue weighted by Crippen LogP contribution is -2.10. The van der Waals surface area contributed by atoms with Crippen molar-refractivity contribution in [2.45, 2.75) is 40.0 Å². The van der Waals surface area contributed by atoms with Gasteiger partial charge in [-0.3, -0.25) is 9.59 Å². The number of hydrogen-bond donors (Lipinski definition) is 1. The summed E-state index contributed by atoms with van der Waals surface area (Å²) >= 11 is 3.24. The number of nitrogens with zero attached hydrogens (tertiary/aromatic N) is 2. The van der Waals surface area contributed by atoms with Crippen LogP contribution in [0.5, 0.6) is 5.75 Å². The molecule has 0 aliphatic rings. The van der Waals surface area contributed by atoms with Crippen LogP contribution in [-0.4, -0.2) is 33.6 Å². The average molecular weight is 411 g/mol. The van der Waals surface area contributed by atoms with Gasteiger partial charge in [0.25, 0.3) is 0 Å². The number of ketones is 1. The molecule has 0 aromatic carbocycles. The summed E-state index contributed by atoms with van der Waals surface area (Å²) in [5.74, 6) is -0.441. The molecule has 7 nitrogen and oxygen atoms in total. The molecular formula is C17H19BrN2O5. The highest BCUT2D eigenvalue weighted by molar-refractivity contribution is 9.10. The molecule has 8 heteroatoms. The smallest absolute Gasteiger partial charge is 0.306 e. The van der Waals surface area contributed by atoms with Crippen molar-refractivity contribution in [3.63, 3.8) is 0 Å². The summed E-state index contributed by atoms with van der Waals surface area (Å²) in [5.41, 5.74) is 2.15. The van der Waals surface area contributed by atoms with Crippen LogP contribution < -0.4 is 0 Å². The summed E-state index contributed by atoms with van der Waals surface area (Å²) in [6.45, 7) is 5.58. The summed E-state index contributed by atoms with van der Waals surface area (Å²) < 4.78 is 10.3. The quantitative estimate of drug-likeness (QED) is 0.551. The first-order valence-corrected chi connectivity index (χ1v) is 8.61. The van der Waals surface area contributed by atoms with Gasteiger partial charge in [0.1, 0.15) is 11.5 Å². The Kier molecular flexibility index (Phi) is 6.30. The summed E-state index contributed by atoms with van der Waals surface area (Å²) in [4.78, 5) is 28.0. The third-order valence-corrected chi connectivity index (χ3v) is 4.27. The fourth-order valence-electron chi connectivity index (χ4n) is 2.34. The lowest BCUT2D eigenvalue weighted by molar-refractivity contribution is -0.143. The van der Waals surface area contributed by atoms with E-state index in [4.69, 9.17) is 9.26 Å². The fraction of sp³-hybridized carbons (Fsp3) is 0.412. The first-order chi connectivity index (χ1) is 11.8. The minimum absolute atomic E-state index is 0.0560. The minimum atomic E-state index is -0.457. The number of esters is 1. The van der Waals surface area contributed by atoms with Crippen LogP contribution in [0.25, 0.3) is 0 Å². The van der Waals surface area contributed by atoms with Crippen LogP contribution in [0.3, 0.4) is 0 Å². The SMILES string of the molecule is CCOC(=O)CCC(=O)c1nc(Cc2c(C)noc2C)cc(Br)c1O. The maximum Gasteiger partial charge on any atom is 0.306 e.